The fourth-order valence-corrected chi connectivity index (χ4v) is 4.37. The molecule has 0 saturated carbocycles. The number of nitrogens with one attached hydrogen (secondary N) is 1. The number of rotatable bonds is 3. The molecule has 2 aromatic carbocycles. The van der Waals surface area contributed by atoms with Crippen molar-refractivity contribution in [2.45, 2.75) is 20.8 Å². The van der Waals surface area contributed by atoms with E-state index in [-0.39, 0.29) is 5.57 Å². The van der Waals surface area contributed by atoms with Crippen LogP contribution >= 0.6 is 34.8 Å². The van der Waals surface area contributed by atoms with Gasteiger partial charge in [-0.3, -0.25) is 14.9 Å². The van der Waals surface area contributed by atoms with Gasteiger partial charge in [0, 0.05) is 21.4 Å². The minimum absolute atomic E-state index is 0.175. The second-order valence-corrected chi connectivity index (χ2v) is 8.85. The van der Waals surface area contributed by atoms with E-state index >= 15 is 0 Å². The Morgan fingerprint density at radius 2 is 1.61 bits per heavy atom. The lowest BCUT2D eigenvalue weighted by atomic mass is 10.1. The molecule has 3 aromatic rings. The number of barbiturate groups is 1. The molecule has 168 valence electrons. The van der Waals surface area contributed by atoms with Gasteiger partial charge < -0.3 is 4.57 Å². The third kappa shape index (κ3) is 4.06. The van der Waals surface area contributed by atoms with E-state index in [1.165, 1.54) is 6.08 Å². The normalized spacial score (nSPS) is 15.4. The number of imide groups is 2. The number of nitrogens with zero attached hydrogens (tertiary/aromatic N) is 2. The van der Waals surface area contributed by atoms with Crippen LogP contribution in [0, 0.1) is 20.8 Å². The van der Waals surface area contributed by atoms with Gasteiger partial charge >= 0.3 is 6.03 Å². The summed E-state index contributed by atoms with van der Waals surface area (Å²) in [6.45, 7) is 5.41. The average Bonchev–Trinajstić information content (AvgIpc) is 3.03. The van der Waals surface area contributed by atoms with Crippen molar-refractivity contribution in [1.82, 2.24) is 9.88 Å². The van der Waals surface area contributed by atoms with Gasteiger partial charge in [-0.05, 0) is 74.4 Å². The van der Waals surface area contributed by atoms with Gasteiger partial charge in [0.25, 0.3) is 11.8 Å². The highest BCUT2D eigenvalue weighted by atomic mass is 35.5. The summed E-state index contributed by atoms with van der Waals surface area (Å²) >= 11 is 18.7. The lowest BCUT2D eigenvalue weighted by Crippen LogP contribution is -2.54. The molecule has 1 aliphatic heterocycles. The molecule has 2 heterocycles. The number of halogens is 3. The van der Waals surface area contributed by atoms with Gasteiger partial charge in [0.05, 0.1) is 16.4 Å². The van der Waals surface area contributed by atoms with Crippen LogP contribution in [0.5, 0.6) is 0 Å². The first kappa shape index (κ1) is 23.1. The van der Waals surface area contributed by atoms with Gasteiger partial charge in [-0.1, -0.05) is 40.9 Å². The largest absolute Gasteiger partial charge is 0.335 e. The van der Waals surface area contributed by atoms with Gasteiger partial charge in [-0.2, -0.15) is 0 Å². The lowest BCUT2D eigenvalue weighted by Gasteiger charge is -2.27. The topological polar surface area (TPSA) is 71.4 Å². The summed E-state index contributed by atoms with van der Waals surface area (Å²) < 4.78 is 1.88. The third-order valence-electron chi connectivity index (χ3n) is 5.50. The maximum absolute atomic E-state index is 13.3. The highest BCUT2D eigenvalue weighted by Crippen LogP contribution is 2.32. The molecule has 0 atom stereocenters. The minimum Gasteiger partial charge on any atom is -0.316 e. The van der Waals surface area contributed by atoms with Gasteiger partial charge in [0.2, 0.25) is 0 Å². The van der Waals surface area contributed by atoms with E-state index in [1.54, 1.807) is 43.3 Å². The number of hydrogen-bond acceptors (Lipinski definition) is 3. The average molecular weight is 503 g/mol. The molecule has 1 aromatic heterocycles. The van der Waals surface area contributed by atoms with E-state index in [0.29, 0.717) is 37.6 Å². The van der Waals surface area contributed by atoms with Crippen molar-refractivity contribution >= 4 is 64.4 Å². The first-order chi connectivity index (χ1) is 15.6. The number of anilines is 1. The molecule has 4 amide bonds. The van der Waals surface area contributed by atoms with E-state index < -0.39 is 17.8 Å². The smallest absolute Gasteiger partial charge is 0.316 e. The standard InChI is InChI=1S/C24H18Cl3N3O3/c1-12-9-15(14(3)29(12)21-11-16(25)7-8-19(21)27)10-17-22(31)28-24(33)30(23(17)32)20-6-4-5-18(26)13(20)2/h4-11H,1-3H3,(H,28,31,33)/b17-10+. The highest BCUT2D eigenvalue weighted by molar-refractivity contribution is 6.40. The summed E-state index contributed by atoms with van der Waals surface area (Å²) in [5.74, 6) is -1.51. The molecule has 9 heteroatoms. The molecule has 0 aliphatic carbocycles. The first-order valence-corrected chi connectivity index (χ1v) is 11.0. The number of carbonyl (C=O) groups is 3. The lowest BCUT2D eigenvalue weighted by molar-refractivity contribution is -0.122. The number of amides is 4. The maximum atomic E-state index is 13.3. The molecule has 1 fully saturated rings. The molecule has 0 radical (unpaired) electrons. The molecular weight excluding hydrogens is 485 g/mol. The quantitative estimate of drug-likeness (QED) is 0.351. The Morgan fingerprint density at radius 3 is 2.33 bits per heavy atom. The van der Waals surface area contributed by atoms with Crippen molar-refractivity contribution < 1.29 is 14.4 Å². The molecule has 0 bridgehead atoms. The number of carbonyl (C=O) groups excluding carboxylic acids is 3. The van der Waals surface area contributed by atoms with Crippen LogP contribution in [0.1, 0.15) is 22.5 Å². The van der Waals surface area contributed by atoms with Crippen LogP contribution in [-0.4, -0.2) is 22.4 Å². The molecule has 6 nitrogen and oxygen atoms in total. The van der Waals surface area contributed by atoms with Crippen LogP contribution in [0.4, 0.5) is 10.5 Å². The predicted molar refractivity (Wildman–Crippen MR) is 130 cm³/mol. The van der Waals surface area contributed by atoms with Gasteiger partial charge in [-0.15, -0.1) is 0 Å². The highest BCUT2D eigenvalue weighted by Gasteiger charge is 2.37. The number of benzene rings is 2. The maximum Gasteiger partial charge on any atom is 0.335 e. The van der Waals surface area contributed by atoms with E-state index in [1.807, 2.05) is 24.5 Å². The summed E-state index contributed by atoms with van der Waals surface area (Å²) in [7, 11) is 0. The van der Waals surface area contributed by atoms with Crippen molar-refractivity contribution in [3.63, 3.8) is 0 Å². The second kappa shape index (κ2) is 8.71. The first-order valence-electron chi connectivity index (χ1n) is 9.91. The molecule has 33 heavy (non-hydrogen) atoms. The van der Waals surface area contributed by atoms with Crippen LogP contribution in [0.3, 0.4) is 0 Å². The Bertz CT molecular complexity index is 1370. The minimum atomic E-state index is -0.830. The molecule has 4 rings (SSSR count). The van der Waals surface area contributed by atoms with E-state index in [2.05, 4.69) is 5.32 Å². The number of hydrogen-bond donors (Lipinski definition) is 1. The number of aryl methyl sites for hydroxylation is 1. The summed E-state index contributed by atoms with van der Waals surface area (Å²) in [5.41, 5.74) is 3.54. The van der Waals surface area contributed by atoms with Crippen LogP contribution in [0.15, 0.2) is 48.0 Å². The Hall–Kier alpha value is -3.06. The molecule has 0 spiro atoms. The van der Waals surface area contributed by atoms with Crippen molar-refractivity contribution in [3.05, 3.63) is 85.6 Å². The van der Waals surface area contributed by atoms with Crippen LogP contribution in [-0.2, 0) is 9.59 Å². The van der Waals surface area contributed by atoms with Crippen molar-refractivity contribution in [2.24, 2.45) is 0 Å². The fourth-order valence-electron chi connectivity index (χ4n) is 3.83. The predicted octanol–water partition coefficient (Wildman–Crippen LogP) is 6.03. The Balaban J connectivity index is 1.81. The van der Waals surface area contributed by atoms with Crippen molar-refractivity contribution in [1.29, 1.82) is 0 Å². The molecule has 1 N–H and O–H groups in total. The Kier molecular flexibility index (Phi) is 6.10. The molecule has 1 aliphatic rings. The zero-order valence-electron chi connectivity index (χ0n) is 17.9. The van der Waals surface area contributed by atoms with E-state index in [0.717, 1.165) is 16.3 Å². The SMILES string of the molecule is Cc1c(Cl)cccc1N1C(=O)NC(=O)/C(=C\c2cc(C)n(-c3cc(Cl)ccc3Cl)c2C)C1=O. The second-order valence-electron chi connectivity index (χ2n) is 7.60. The monoisotopic (exact) mass is 501 g/mol. The summed E-state index contributed by atoms with van der Waals surface area (Å²) in [6.07, 6.45) is 1.47. The van der Waals surface area contributed by atoms with Crippen LogP contribution in [0.25, 0.3) is 11.8 Å². The molecule has 1 saturated heterocycles. The van der Waals surface area contributed by atoms with E-state index in [9.17, 15) is 14.4 Å². The van der Waals surface area contributed by atoms with Gasteiger partial charge in [0.1, 0.15) is 5.57 Å². The third-order valence-corrected chi connectivity index (χ3v) is 6.47. The van der Waals surface area contributed by atoms with E-state index in [4.69, 9.17) is 34.8 Å². The number of urea groups is 1. The molecular formula is C24H18Cl3N3O3. The van der Waals surface area contributed by atoms with Gasteiger partial charge in [0.15, 0.2) is 0 Å². The summed E-state index contributed by atoms with van der Waals surface area (Å²) in [5, 5.41) is 3.66. The van der Waals surface area contributed by atoms with Crippen LogP contribution in [0.2, 0.25) is 15.1 Å². The van der Waals surface area contributed by atoms with Crippen molar-refractivity contribution in [3.8, 4) is 5.69 Å². The fraction of sp³-hybridized carbons (Fsp3) is 0.125. The summed E-state index contributed by atoms with van der Waals surface area (Å²) in [4.78, 5) is 39.3. The van der Waals surface area contributed by atoms with Crippen molar-refractivity contribution in [2.75, 3.05) is 4.90 Å². The van der Waals surface area contributed by atoms with Crippen LogP contribution < -0.4 is 10.2 Å². The zero-order chi connectivity index (χ0) is 24.0. The Morgan fingerprint density at radius 1 is 0.879 bits per heavy atom. The molecule has 0 unspecified atom stereocenters. The zero-order valence-corrected chi connectivity index (χ0v) is 20.1. The van der Waals surface area contributed by atoms with Gasteiger partial charge in [-0.25, -0.2) is 9.69 Å². The summed E-state index contributed by atoms with van der Waals surface area (Å²) in [6, 6.07) is 11.0. The number of aromatic nitrogens is 1. The Labute approximate surface area is 205 Å².